The van der Waals surface area contributed by atoms with Gasteiger partial charge in [-0.05, 0) is 55.3 Å². The summed E-state index contributed by atoms with van der Waals surface area (Å²) in [5.41, 5.74) is 1.03. The molecule has 4 rings (SSSR count). The Hall–Kier alpha value is -3.26. The van der Waals surface area contributed by atoms with E-state index in [0.717, 1.165) is 29.1 Å². The van der Waals surface area contributed by atoms with Crippen LogP contribution in [0.2, 0.25) is 0 Å². The lowest BCUT2D eigenvalue weighted by Crippen LogP contribution is -2.32. The van der Waals surface area contributed by atoms with Gasteiger partial charge in [-0.1, -0.05) is 41.8 Å². The molecule has 2 N–H and O–H groups in total. The average molecular weight is 528 g/mol. The molecule has 0 saturated carbocycles. The molecule has 7 nitrogen and oxygen atoms in total. The third-order valence-corrected chi connectivity index (χ3v) is 6.35. The number of nitrogens with zero attached hydrogens (tertiary/aromatic N) is 1. The van der Waals surface area contributed by atoms with Gasteiger partial charge in [0.05, 0.1) is 18.2 Å². The van der Waals surface area contributed by atoms with Crippen molar-refractivity contribution >= 4 is 38.6 Å². The topological polar surface area (TPSA) is 100 Å². The Kier molecular flexibility index (Phi) is 6.97. The van der Waals surface area contributed by atoms with Crippen molar-refractivity contribution in [1.82, 2.24) is 4.90 Å². The molecule has 8 heteroatoms. The van der Waals surface area contributed by atoms with Crippen molar-refractivity contribution < 1.29 is 29.0 Å². The maximum Gasteiger partial charge on any atom is 0.290 e. The van der Waals surface area contributed by atoms with E-state index in [0.29, 0.717) is 24.3 Å². The van der Waals surface area contributed by atoms with E-state index in [1.165, 1.54) is 11.0 Å². The van der Waals surface area contributed by atoms with Crippen LogP contribution in [0.25, 0.3) is 11.0 Å². The van der Waals surface area contributed by atoms with E-state index in [1.54, 1.807) is 37.3 Å². The van der Waals surface area contributed by atoms with Crippen molar-refractivity contribution in [1.29, 1.82) is 0 Å². The van der Waals surface area contributed by atoms with Crippen molar-refractivity contribution in [2.45, 2.75) is 39.2 Å². The average Bonchev–Trinajstić information content (AvgIpc) is 3.34. The Bertz CT molecular complexity index is 1280. The number of carbonyl (C=O) groups excluding carboxylic acids is 2. The van der Waals surface area contributed by atoms with Crippen LogP contribution in [0.3, 0.4) is 0 Å². The first-order valence-electron chi connectivity index (χ1n) is 11.3. The Morgan fingerprint density at radius 2 is 1.91 bits per heavy atom. The third-order valence-electron chi connectivity index (χ3n) is 5.85. The minimum atomic E-state index is -0.836. The van der Waals surface area contributed by atoms with Gasteiger partial charge in [-0.3, -0.25) is 9.59 Å². The highest BCUT2D eigenvalue weighted by Crippen LogP contribution is 2.42. The zero-order valence-electron chi connectivity index (χ0n) is 19.0. The van der Waals surface area contributed by atoms with Gasteiger partial charge < -0.3 is 24.3 Å². The van der Waals surface area contributed by atoms with Gasteiger partial charge in [0.2, 0.25) is 5.78 Å². The second kappa shape index (κ2) is 9.93. The molecule has 2 heterocycles. The molecule has 1 atom stereocenters. The summed E-state index contributed by atoms with van der Waals surface area (Å²) in [5.74, 6) is -1.52. The standard InChI is InChI=1S/C26H26BrNO6/c1-3-5-6-11-28-23(15-7-9-18(29)20(13-15)33-4-2)22(25(31)26(28)32)24(30)21-14-16-12-17(27)8-10-19(16)34-21/h7-10,12-14,23,29,31H,3-6,11H2,1-2H3. The summed E-state index contributed by atoms with van der Waals surface area (Å²) in [4.78, 5) is 28.2. The molecule has 3 aromatic rings. The molecule has 0 radical (unpaired) electrons. The predicted octanol–water partition coefficient (Wildman–Crippen LogP) is 6.07. The SMILES string of the molecule is CCCCCN1C(=O)C(O)=C(C(=O)c2cc3cc(Br)ccc3o2)C1c1ccc(O)c(OCC)c1. The van der Waals surface area contributed by atoms with Crippen LogP contribution in [0, 0.1) is 0 Å². The highest BCUT2D eigenvalue weighted by Gasteiger charge is 2.44. The van der Waals surface area contributed by atoms with Crippen molar-refractivity contribution in [3.8, 4) is 11.5 Å². The Balaban J connectivity index is 1.79. The molecule has 1 unspecified atom stereocenters. The summed E-state index contributed by atoms with van der Waals surface area (Å²) in [6.45, 7) is 4.56. The van der Waals surface area contributed by atoms with Crippen molar-refractivity contribution in [2.75, 3.05) is 13.2 Å². The van der Waals surface area contributed by atoms with Gasteiger partial charge in [-0.2, -0.15) is 0 Å². The molecule has 178 valence electrons. The van der Waals surface area contributed by atoms with Crippen molar-refractivity contribution in [3.63, 3.8) is 0 Å². The number of benzene rings is 2. The van der Waals surface area contributed by atoms with Crippen LogP contribution in [-0.4, -0.2) is 40.0 Å². The molecule has 0 bridgehead atoms. The number of unbranched alkanes of at least 4 members (excludes halogenated alkanes) is 2. The van der Waals surface area contributed by atoms with Crippen LogP contribution in [0.1, 0.15) is 55.3 Å². The Morgan fingerprint density at radius 1 is 1.12 bits per heavy atom. The number of phenols is 1. The first kappa shape index (κ1) is 23.9. The molecule has 1 aliphatic rings. The summed E-state index contributed by atoms with van der Waals surface area (Å²) >= 11 is 3.41. The van der Waals surface area contributed by atoms with E-state index >= 15 is 0 Å². The Morgan fingerprint density at radius 3 is 2.65 bits per heavy atom. The number of hydrogen-bond donors (Lipinski definition) is 2. The fraction of sp³-hybridized carbons (Fsp3) is 0.308. The van der Waals surface area contributed by atoms with Crippen LogP contribution in [0.4, 0.5) is 0 Å². The van der Waals surface area contributed by atoms with Gasteiger partial charge in [0.15, 0.2) is 23.0 Å². The number of ketones is 1. The van der Waals surface area contributed by atoms with E-state index in [4.69, 9.17) is 9.15 Å². The van der Waals surface area contributed by atoms with E-state index in [9.17, 15) is 19.8 Å². The van der Waals surface area contributed by atoms with Gasteiger partial charge in [-0.25, -0.2) is 0 Å². The third kappa shape index (κ3) is 4.42. The zero-order valence-corrected chi connectivity index (χ0v) is 20.6. The van der Waals surface area contributed by atoms with Gasteiger partial charge in [0, 0.05) is 16.4 Å². The van der Waals surface area contributed by atoms with Gasteiger partial charge in [-0.15, -0.1) is 0 Å². The van der Waals surface area contributed by atoms with E-state index in [2.05, 4.69) is 22.9 Å². The lowest BCUT2D eigenvalue weighted by atomic mass is 9.94. The number of halogens is 1. The summed E-state index contributed by atoms with van der Waals surface area (Å²) in [5, 5.41) is 21.7. The molecule has 2 aromatic carbocycles. The number of ether oxygens (including phenoxy) is 1. The van der Waals surface area contributed by atoms with Gasteiger partial charge in [0.1, 0.15) is 5.58 Å². The van der Waals surface area contributed by atoms with Crippen LogP contribution in [0.5, 0.6) is 11.5 Å². The zero-order chi connectivity index (χ0) is 24.4. The number of amides is 1. The van der Waals surface area contributed by atoms with Crippen LogP contribution < -0.4 is 4.74 Å². The van der Waals surface area contributed by atoms with E-state index in [1.807, 2.05) is 6.07 Å². The second-order valence-corrected chi connectivity index (χ2v) is 9.07. The number of aliphatic hydroxyl groups excluding tert-OH is 1. The fourth-order valence-electron chi connectivity index (χ4n) is 4.23. The summed E-state index contributed by atoms with van der Waals surface area (Å²) < 4.78 is 12.1. The Labute approximate surface area is 205 Å². The van der Waals surface area contributed by atoms with Gasteiger partial charge in [0.25, 0.3) is 5.91 Å². The number of furan rings is 1. The maximum absolute atomic E-state index is 13.6. The van der Waals surface area contributed by atoms with Crippen molar-refractivity contribution in [3.05, 3.63) is 69.6 Å². The highest BCUT2D eigenvalue weighted by molar-refractivity contribution is 9.10. The molecule has 0 aliphatic carbocycles. The first-order valence-corrected chi connectivity index (χ1v) is 12.1. The smallest absolute Gasteiger partial charge is 0.290 e. The minimum Gasteiger partial charge on any atom is -0.504 e. The molecular weight excluding hydrogens is 502 g/mol. The maximum atomic E-state index is 13.6. The van der Waals surface area contributed by atoms with E-state index in [-0.39, 0.29) is 22.8 Å². The van der Waals surface area contributed by atoms with E-state index < -0.39 is 23.5 Å². The van der Waals surface area contributed by atoms with Crippen LogP contribution in [-0.2, 0) is 4.79 Å². The number of carbonyl (C=O) groups is 2. The summed E-state index contributed by atoms with van der Waals surface area (Å²) in [6.07, 6.45) is 2.58. The molecular formula is C26H26BrNO6. The lowest BCUT2D eigenvalue weighted by molar-refractivity contribution is -0.129. The number of phenolic OH excluding ortho intramolecular Hbond substituents is 1. The number of aliphatic hydroxyl groups is 1. The second-order valence-electron chi connectivity index (χ2n) is 8.15. The molecule has 1 aliphatic heterocycles. The molecule has 0 spiro atoms. The quantitative estimate of drug-likeness (QED) is 0.258. The first-order chi connectivity index (χ1) is 16.3. The number of fused-ring (bicyclic) bond motifs is 1. The number of Topliss-reactive ketones (excluding diaryl/α,β-unsaturated/α-hetero) is 1. The number of rotatable bonds is 9. The molecule has 0 fully saturated rings. The largest absolute Gasteiger partial charge is 0.504 e. The fourth-order valence-corrected chi connectivity index (χ4v) is 4.60. The number of aromatic hydroxyl groups is 1. The monoisotopic (exact) mass is 527 g/mol. The molecule has 34 heavy (non-hydrogen) atoms. The molecule has 0 saturated heterocycles. The van der Waals surface area contributed by atoms with Crippen LogP contribution >= 0.6 is 15.9 Å². The summed E-state index contributed by atoms with van der Waals surface area (Å²) in [7, 11) is 0. The summed E-state index contributed by atoms with van der Waals surface area (Å²) in [6, 6.07) is 10.8. The molecule has 1 amide bonds. The number of hydrogen-bond acceptors (Lipinski definition) is 6. The normalized spacial score (nSPS) is 16.0. The highest BCUT2D eigenvalue weighted by atomic mass is 79.9. The molecule has 1 aromatic heterocycles. The minimum absolute atomic E-state index is 0.0340. The van der Waals surface area contributed by atoms with Crippen LogP contribution in [0.15, 0.2) is 62.7 Å². The lowest BCUT2D eigenvalue weighted by Gasteiger charge is -2.27. The predicted molar refractivity (Wildman–Crippen MR) is 131 cm³/mol. The van der Waals surface area contributed by atoms with Crippen molar-refractivity contribution in [2.24, 2.45) is 0 Å². The van der Waals surface area contributed by atoms with Gasteiger partial charge >= 0.3 is 0 Å².